The topological polar surface area (TPSA) is 17.8 Å². The van der Waals surface area contributed by atoms with Crippen LogP contribution in [0.5, 0.6) is 0 Å². The first-order valence-electron chi connectivity index (χ1n) is 11.5. The molecule has 0 fully saturated rings. The first-order valence-corrected chi connectivity index (χ1v) is 11.5. The smallest absolute Gasteiger partial charge is 0.144 e. The van der Waals surface area contributed by atoms with Crippen molar-refractivity contribution < 1.29 is 0 Å². The molecule has 3 rings (SSSR count). The Labute approximate surface area is 183 Å². The zero-order chi connectivity index (χ0) is 22.1. The highest BCUT2D eigenvalue weighted by molar-refractivity contribution is 5.67. The highest BCUT2D eigenvalue weighted by Gasteiger charge is 2.32. The van der Waals surface area contributed by atoms with Crippen LogP contribution in [-0.4, -0.2) is 9.55 Å². The summed E-state index contributed by atoms with van der Waals surface area (Å²) >= 11 is 0. The van der Waals surface area contributed by atoms with Gasteiger partial charge in [-0.05, 0) is 46.3 Å². The van der Waals surface area contributed by atoms with Crippen molar-refractivity contribution in [1.29, 1.82) is 0 Å². The van der Waals surface area contributed by atoms with Crippen LogP contribution in [0.3, 0.4) is 0 Å². The van der Waals surface area contributed by atoms with Crippen molar-refractivity contribution in [2.45, 2.75) is 79.1 Å². The van der Waals surface area contributed by atoms with Crippen molar-refractivity contribution in [2.24, 2.45) is 5.92 Å². The molecule has 0 N–H and O–H groups in total. The molecule has 0 aliphatic heterocycles. The van der Waals surface area contributed by atoms with Crippen LogP contribution in [0.25, 0.3) is 17.1 Å². The van der Waals surface area contributed by atoms with Gasteiger partial charge in [0.15, 0.2) is 0 Å². The van der Waals surface area contributed by atoms with Crippen LogP contribution in [0.2, 0.25) is 0 Å². The molecule has 0 saturated carbocycles. The Kier molecular flexibility index (Phi) is 6.55. The molecule has 0 aliphatic carbocycles. The van der Waals surface area contributed by atoms with Gasteiger partial charge in [0.2, 0.25) is 0 Å². The maximum absolute atomic E-state index is 4.89. The molecular formula is C28H38N2. The van der Waals surface area contributed by atoms with Gasteiger partial charge in [0.05, 0.1) is 5.69 Å². The van der Waals surface area contributed by atoms with E-state index in [0.29, 0.717) is 17.8 Å². The third kappa shape index (κ3) is 3.85. The van der Waals surface area contributed by atoms with Gasteiger partial charge in [0.1, 0.15) is 5.82 Å². The van der Waals surface area contributed by atoms with Crippen molar-refractivity contribution in [1.82, 2.24) is 9.55 Å². The zero-order valence-electron chi connectivity index (χ0n) is 20.0. The van der Waals surface area contributed by atoms with E-state index in [9.17, 15) is 0 Å². The fourth-order valence-corrected chi connectivity index (χ4v) is 4.56. The van der Waals surface area contributed by atoms with Gasteiger partial charge >= 0.3 is 0 Å². The molecule has 0 bridgehead atoms. The molecule has 1 atom stereocenters. The molecule has 0 radical (unpaired) electrons. The van der Waals surface area contributed by atoms with Crippen LogP contribution in [0, 0.1) is 5.92 Å². The minimum atomic E-state index is 0.103. The molecular weight excluding hydrogens is 364 g/mol. The Balaban J connectivity index is 2.31. The Morgan fingerprint density at radius 1 is 0.867 bits per heavy atom. The number of imidazole rings is 1. The number of para-hydroxylation sites is 1. The van der Waals surface area contributed by atoms with E-state index in [1.165, 1.54) is 27.9 Å². The van der Waals surface area contributed by atoms with E-state index in [2.05, 4.69) is 109 Å². The van der Waals surface area contributed by atoms with Gasteiger partial charge in [0, 0.05) is 18.0 Å². The Bertz CT molecular complexity index is 967. The van der Waals surface area contributed by atoms with E-state index < -0.39 is 0 Å². The standard InChI is InChI=1S/C28H38N2/c1-9-28(8,21(6)7)25-16-11-10-13-24(25)27-29-17-18-30(27)26-22(19(2)3)14-12-15-23(26)20(4)5/h10-21H,9H2,1-8H3. The van der Waals surface area contributed by atoms with Gasteiger partial charge in [-0.2, -0.15) is 0 Å². The van der Waals surface area contributed by atoms with Crippen molar-refractivity contribution >= 4 is 0 Å². The molecule has 1 aromatic heterocycles. The van der Waals surface area contributed by atoms with E-state index in [4.69, 9.17) is 4.98 Å². The number of benzene rings is 2. The summed E-state index contributed by atoms with van der Waals surface area (Å²) in [4.78, 5) is 4.89. The lowest BCUT2D eigenvalue weighted by Crippen LogP contribution is -2.28. The van der Waals surface area contributed by atoms with Crippen molar-refractivity contribution in [3.8, 4) is 17.1 Å². The molecule has 1 heterocycles. The first-order chi connectivity index (χ1) is 14.2. The quantitative estimate of drug-likeness (QED) is 0.390. The van der Waals surface area contributed by atoms with Crippen LogP contribution in [-0.2, 0) is 5.41 Å². The normalized spacial score (nSPS) is 14.0. The summed E-state index contributed by atoms with van der Waals surface area (Å²) in [5, 5.41) is 0. The monoisotopic (exact) mass is 402 g/mol. The molecule has 2 aromatic carbocycles. The van der Waals surface area contributed by atoms with Gasteiger partial charge in [-0.15, -0.1) is 0 Å². The number of nitrogens with zero attached hydrogens (tertiary/aromatic N) is 2. The van der Waals surface area contributed by atoms with E-state index in [0.717, 1.165) is 12.2 Å². The fraction of sp³-hybridized carbons (Fsp3) is 0.464. The second kappa shape index (κ2) is 8.79. The number of hydrogen-bond donors (Lipinski definition) is 0. The van der Waals surface area contributed by atoms with Crippen LogP contribution < -0.4 is 0 Å². The van der Waals surface area contributed by atoms with Crippen molar-refractivity contribution in [3.05, 3.63) is 71.5 Å². The number of rotatable bonds is 7. The molecule has 0 saturated heterocycles. The average Bonchev–Trinajstić information content (AvgIpc) is 3.21. The van der Waals surface area contributed by atoms with Gasteiger partial charge in [-0.3, -0.25) is 4.57 Å². The van der Waals surface area contributed by atoms with Crippen molar-refractivity contribution in [3.63, 3.8) is 0 Å². The predicted octanol–water partition coefficient (Wildman–Crippen LogP) is 8.11. The number of aromatic nitrogens is 2. The molecule has 2 nitrogen and oxygen atoms in total. The summed E-state index contributed by atoms with van der Waals surface area (Å²) in [6.07, 6.45) is 5.19. The molecule has 0 aliphatic rings. The second-order valence-corrected chi connectivity index (χ2v) is 9.69. The predicted molar refractivity (Wildman–Crippen MR) is 130 cm³/mol. The fourth-order valence-electron chi connectivity index (χ4n) is 4.56. The Hall–Kier alpha value is -2.35. The summed E-state index contributed by atoms with van der Waals surface area (Å²) in [6.45, 7) is 18.5. The minimum Gasteiger partial charge on any atom is -0.299 e. The molecule has 1 unspecified atom stereocenters. The maximum atomic E-state index is 4.89. The van der Waals surface area contributed by atoms with E-state index in [1.54, 1.807) is 0 Å². The summed E-state index contributed by atoms with van der Waals surface area (Å²) < 4.78 is 2.33. The lowest BCUT2D eigenvalue weighted by atomic mass is 9.70. The summed E-state index contributed by atoms with van der Waals surface area (Å²) in [7, 11) is 0. The summed E-state index contributed by atoms with van der Waals surface area (Å²) in [5.74, 6) is 2.48. The van der Waals surface area contributed by atoms with E-state index >= 15 is 0 Å². The van der Waals surface area contributed by atoms with E-state index in [1.807, 2.05) is 6.20 Å². The largest absolute Gasteiger partial charge is 0.299 e. The van der Waals surface area contributed by atoms with Gasteiger partial charge < -0.3 is 0 Å². The average molecular weight is 403 g/mol. The van der Waals surface area contributed by atoms with Gasteiger partial charge in [-0.25, -0.2) is 4.98 Å². The molecule has 3 aromatic rings. The van der Waals surface area contributed by atoms with Crippen LogP contribution in [0.15, 0.2) is 54.9 Å². The SMILES string of the molecule is CCC(C)(c1ccccc1-c1nccn1-c1c(C(C)C)cccc1C(C)C)C(C)C. The summed E-state index contributed by atoms with van der Waals surface area (Å²) in [6, 6.07) is 15.6. The van der Waals surface area contributed by atoms with Crippen LogP contribution in [0.4, 0.5) is 0 Å². The third-order valence-electron chi connectivity index (χ3n) is 7.02. The van der Waals surface area contributed by atoms with Crippen LogP contribution in [0.1, 0.15) is 90.3 Å². The Morgan fingerprint density at radius 3 is 2.00 bits per heavy atom. The van der Waals surface area contributed by atoms with Crippen molar-refractivity contribution in [2.75, 3.05) is 0 Å². The van der Waals surface area contributed by atoms with Gasteiger partial charge in [0.25, 0.3) is 0 Å². The molecule has 2 heteroatoms. The second-order valence-electron chi connectivity index (χ2n) is 9.69. The lowest BCUT2D eigenvalue weighted by Gasteiger charge is -2.35. The number of hydrogen-bond acceptors (Lipinski definition) is 1. The van der Waals surface area contributed by atoms with Gasteiger partial charge in [-0.1, -0.05) is 97.9 Å². The Morgan fingerprint density at radius 2 is 1.47 bits per heavy atom. The molecule has 0 amide bonds. The minimum absolute atomic E-state index is 0.103. The highest BCUT2D eigenvalue weighted by Crippen LogP contribution is 2.41. The molecule has 30 heavy (non-hydrogen) atoms. The highest BCUT2D eigenvalue weighted by atomic mass is 15.1. The van der Waals surface area contributed by atoms with E-state index in [-0.39, 0.29) is 5.41 Å². The zero-order valence-corrected chi connectivity index (χ0v) is 20.0. The molecule has 160 valence electrons. The third-order valence-corrected chi connectivity index (χ3v) is 7.02. The first kappa shape index (κ1) is 22.3. The lowest BCUT2D eigenvalue weighted by molar-refractivity contribution is 0.327. The molecule has 0 spiro atoms. The van der Waals surface area contributed by atoms with Crippen LogP contribution >= 0.6 is 0 Å². The summed E-state index contributed by atoms with van der Waals surface area (Å²) in [5.41, 5.74) is 6.79. The maximum Gasteiger partial charge on any atom is 0.144 e.